The van der Waals surface area contributed by atoms with Crippen LogP contribution in [0.3, 0.4) is 0 Å². The standard InChI is InChI=1S/C3H9N.4HIO3.H2O.H2S/c1-4(2)3;4*2-1(3)4;;/h1-3H3;4*2H;2*1H2. The smallest absolute Gasteiger partial charge is 0.412 e. The molecule has 0 saturated carbocycles. The average molecular weight is 815 g/mol. The second kappa shape index (κ2) is 39.0. The Labute approximate surface area is 168 Å². The van der Waals surface area contributed by atoms with Crippen molar-refractivity contribution in [3.05, 3.63) is 0 Å². The molecule has 0 aromatic heterocycles. The highest BCUT2D eigenvalue weighted by Gasteiger charge is 1.91. The minimum atomic E-state index is -3.76. The summed E-state index contributed by atoms with van der Waals surface area (Å²) in [5, 5.41) is 0. The van der Waals surface area contributed by atoms with Crippen LogP contribution in [0.2, 0.25) is 0 Å². The average Bonchev–Trinajstić information content (AvgIpc) is 1.94. The lowest BCUT2D eigenvalue weighted by Crippen LogP contribution is -3.98. The van der Waals surface area contributed by atoms with Crippen molar-refractivity contribution in [2.45, 2.75) is 0 Å². The fraction of sp³-hybridized carbons (Fsp3) is 1.00. The molecular weight excluding hydrogens is 798 g/mol. The number of nitrogens with zero attached hydrogens (tertiary/aromatic N) is 1. The Morgan fingerprint density at radius 3 is 0.545 bits per heavy atom. The normalized spacial score (nSPS) is 8.18. The molecule has 0 aromatic rings. The van der Waals surface area contributed by atoms with Gasteiger partial charge in [-0.25, -0.2) is 0 Å². The van der Waals surface area contributed by atoms with Crippen molar-refractivity contribution in [2.75, 3.05) is 21.1 Å². The minimum Gasteiger partial charge on any atom is -0.412 e. The first-order valence-corrected chi connectivity index (χ1v) is 14.2. The first-order valence-electron chi connectivity index (χ1n) is 3.25. The van der Waals surface area contributed by atoms with E-state index in [4.69, 9.17) is 41.2 Å². The first-order chi connectivity index (χ1) is 8.66. The van der Waals surface area contributed by atoms with Crippen molar-refractivity contribution in [1.29, 1.82) is 0 Å². The van der Waals surface area contributed by atoms with Gasteiger partial charge < -0.3 is 37.9 Å². The van der Waals surface area contributed by atoms with Gasteiger partial charge >= 0.3 is 84.3 Å². The third kappa shape index (κ3) is 1460. The zero-order valence-corrected chi connectivity index (χ0v) is 20.6. The molecule has 0 spiro atoms. The van der Waals surface area contributed by atoms with Crippen molar-refractivity contribution in [2.24, 2.45) is 0 Å². The summed E-state index contributed by atoms with van der Waals surface area (Å²) < 4.78 is 97.9. The van der Waals surface area contributed by atoms with Crippen molar-refractivity contribution < 1.29 is 131 Å². The van der Waals surface area contributed by atoms with E-state index in [1.807, 2.05) is 26.0 Å². The van der Waals surface area contributed by atoms with E-state index in [0.717, 1.165) is 0 Å². The van der Waals surface area contributed by atoms with Crippen LogP contribution < -0.4 is 112 Å². The van der Waals surface area contributed by atoms with Crippen molar-refractivity contribution >= 4 is 13.5 Å². The fourth-order valence-electron chi connectivity index (χ4n) is 0. The highest BCUT2D eigenvalue weighted by molar-refractivity contribution is 7.59. The van der Waals surface area contributed by atoms with E-state index in [1.165, 1.54) is 0 Å². The number of hydrogen-bond donors (Lipinski definition) is 4. The maximum Gasteiger partial charge on any atom is 0.503 e. The third-order valence-electron chi connectivity index (χ3n) is 0. The Morgan fingerprint density at radius 1 is 0.545 bits per heavy atom. The van der Waals surface area contributed by atoms with Crippen LogP contribution in [-0.4, -0.2) is 45.3 Å². The summed E-state index contributed by atoms with van der Waals surface area (Å²) in [7, 11) is 6.00. The van der Waals surface area contributed by atoms with Crippen LogP contribution >= 0.6 is 13.5 Å². The SMILES string of the molecule is CN(C)C.O.S.[O-][I+2]([O-])O.[O-][I+2]([O-])O.[O-][I+2]([O-])O.[O-][I+2]([O-])O. The molecule has 0 atom stereocenters. The molecule has 19 heteroatoms. The molecule has 6 N–H and O–H groups in total. The molecule has 0 saturated heterocycles. The number of hydrogen-bond acceptors (Lipinski definition) is 13. The molecule has 0 aliphatic heterocycles. The second-order valence-corrected chi connectivity index (χ2v) is 6.74. The topological polar surface area (TPSA) is 300 Å². The minimum absolute atomic E-state index is 0. The van der Waals surface area contributed by atoms with Crippen LogP contribution in [0.5, 0.6) is 0 Å². The molecule has 0 fully saturated rings. The van der Waals surface area contributed by atoms with E-state index in [-0.39, 0.29) is 19.0 Å². The Bertz CT molecular complexity index is 95.9. The van der Waals surface area contributed by atoms with E-state index in [2.05, 4.69) is 0 Å². The summed E-state index contributed by atoms with van der Waals surface area (Å²) in [6.45, 7) is 0. The van der Waals surface area contributed by atoms with Gasteiger partial charge in [0.05, 0.1) is 0 Å². The van der Waals surface area contributed by atoms with E-state index in [0.29, 0.717) is 0 Å². The van der Waals surface area contributed by atoms with E-state index in [1.54, 1.807) is 0 Å². The summed E-state index contributed by atoms with van der Waals surface area (Å²) in [4.78, 5) is 2.00. The fourth-order valence-corrected chi connectivity index (χ4v) is 0. The molecule has 0 amide bonds. The zero-order chi connectivity index (χ0) is 17.9. The third-order valence-corrected chi connectivity index (χ3v) is 0. The summed E-state index contributed by atoms with van der Waals surface area (Å²) >= 11 is -15.1. The first kappa shape index (κ1) is 44.3. The van der Waals surface area contributed by atoms with E-state index >= 15 is 0 Å². The molecule has 0 bridgehead atoms. The van der Waals surface area contributed by atoms with Gasteiger partial charge in [0.2, 0.25) is 0 Å². The Balaban J connectivity index is -0.0000000250. The monoisotopic (exact) mass is 815 g/mol. The molecular formula is C3H17I4NO13S. The van der Waals surface area contributed by atoms with Crippen LogP contribution in [0.25, 0.3) is 0 Å². The van der Waals surface area contributed by atoms with Gasteiger partial charge in [-0.2, -0.15) is 13.5 Å². The van der Waals surface area contributed by atoms with Crippen LogP contribution in [-0.2, 0) is 0 Å². The van der Waals surface area contributed by atoms with Crippen LogP contribution in [0.15, 0.2) is 0 Å². The van der Waals surface area contributed by atoms with Gasteiger partial charge in [-0.3, -0.25) is 0 Å². The molecule has 0 rings (SSSR count). The molecule has 146 valence electrons. The van der Waals surface area contributed by atoms with Crippen LogP contribution in [0, 0.1) is 0 Å². The Morgan fingerprint density at radius 2 is 0.545 bits per heavy atom. The van der Waals surface area contributed by atoms with Gasteiger partial charge in [0, 0.05) is 0 Å². The number of halogens is 4. The van der Waals surface area contributed by atoms with Crippen LogP contribution in [0.4, 0.5) is 0 Å². The number of rotatable bonds is 0. The van der Waals surface area contributed by atoms with Crippen LogP contribution in [0.1, 0.15) is 0 Å². The molecule has 0 unspecified atom stereocenters. The Hall–Kier alpha value is 2.71. The summed E-state index contributed by atoms with van der Waals surface area (Å²) in [5.74, 6) is 0. The molecule has 0 aliphatic carbocycles. The molecule has 0 aliphatic rings. The lowest BCUT2D eigenvalue weighted by molar-refractivity contribution is -1.63. The molecule has 14 nitrogen and oxygen atoms in total. The predicted molar refractivity (Wildman–Crippen MR) is 42.5 cm³/mol. The van der Waals surface area contributed by atoms with Gasteiger partial charge in [-0.15, -0.1) is 0 Å². The van der Waals surface area contributed by atoms with Crippen molar-refractivity contribution in [1.82, 2.24) is 4.90 Å². The Kier molecular flexibility index (Phi) is 78.5. The summed E-state index contributed by atoms with van der Waals surface area (Å²) in [6.07, 6.45) is 0. The van der Waals surface area contributed by atoms with Crippen molar-refractivity contribution in [3.63, 3.8) is 0 Å². The molecule has 0 aromatic carbocycles. The largest absolute Gasteiger partial charge is 0.503 e. The van der Waals surface area contributed by atoms with E-state index in [9.17, 15) is 0 Å². The lowest BCUT2D eigenvalue weighted by atomic mass is 11.0. The quantitative estimate of drug-likeness (QED) is 0.166. The van der Waals surface area contributed by atoms with Gasteiger partial charge in [-0.05, 0) is 34.9 Å². The summed E-state index contributed by atoms with van der Waals surface area (Å²) in [6, 6.07) is 0. The molecule has 0 heterocycles. The summed E-state index contributed by atoms with van der Waals surface area (Å²) in [5.41, 5.74) is 0. The molecule has 0 radical (unpaired) electrons. The van der Waals surface area contributed by atoms with Gasteiger partial charge in [-0.1, -0.05) is 0 Å². The predicted octanol–water partition coefficient (Wildman–Crippen LogP) is -24.3. The van der Waals surface area contributed by atoms with Gasteiger partial charge in [0.1, 0.15) is 0 Å². The molecule has 22 heavy (non-hydrogen) atoms. The zero-order valence-electron chi connectivity index (χ0n) is 11.0. The van der Waals surface area contributed by atoms with Crippen molar-refractivity contribution in [3.8, 4) is 0 Å². The maximum absolute atomic E-state index is 8.68. The lowest BCUT2D eigenvalue weighted by Gasteiger charge is -1.90. The van der Waals surface area contributed by atoms with Gasteiger partial charge in [0.15, 0.2) is 0 Å². The highest BCUT2D eigenvalue weighted by Crippen LogP contribution is 1.47. The second-order valence-electron chi connectivity index (χ2n) is 2.15. The van der Waals surface area contributed by atoms with E-state index < -0.39 is 84.3 Å². The maximum atomic E-state index is 8.68. The van der Waals surface area contributed by atoms with Gasteiger partial charge in [0.25, 0.3) is 0 Å². The highest BCUT2D eigenvalue weighted by atomic mass is 127.